The Labute approximate surface area is 147 Å². The van der Waals surface area contributed by atoms with Crippen molar-refractivity contribution in [2.45, 2.75) is 42.6 Å². The summed E-state index contributed by atoms with van der Waals surface area (Å²) in [4.78, 5) is 33.2. The van der Waals surface area contributed by atoms with Crippen LogP contribution < -0.4 is 10.6 Å². The van der Waals surface area contributed by atoms with Crippen LogP contribution in [0.5, 0.6) is 0 Å². The molecule has 0 fully saturated rings. The fourth-order valence-corrected chi connectivity index (χ4v) is 3.04. The molecule has 0 aliphatic heterocycles. The van der Waals surface area contributed by atoms with E-state index in [0.717, 1.165) is 18.6 Å². The SMILES string of the molecule is O=C(O)CCCC(=O)NCC(=O)NCC(S)CC(S)CCS. The van der Waals surface area contributed by atoms with Gasteiger partial charge in [0, 0.05) is 29.9 Å². The van der Waals surface area contributed by atoms with Gasteiger partial charge in [-0.25, -0.2) is 0 Å². The first-order valence-corrected chi connectivity index (χ1v) is 8.73. The van der Waals surface area contributed by atoms with Gasteiger partial charge in [-0.1, -0.05) is 0 Å². The van der Waals surface area contributed by atoms with Crippen LogP contribution >= 0.6 is 37.9 Å². The zero-order valence-corrected chi connectivity index (χ0v) is 15.0. The molecule has 0 spiro atoms. The molecule has 0 rings (SSSR count). The van der Waals surface area contributed by atoms with E-state index in [2.05, 4.69) is 48.5 Å². The summed E-state index contributed by atoms with van der Waals surface area (Å²) in [5, 5.41) is 13.8. The number of thiol groups is 3. The molecule has 0 saturated carbocycles. The maximum atomic E-state index is 11.6. The van der Waals surface area contributed by atoms with E-state index in [1.165, 1.54) is 0 Å². The second-order valence-corrected chi connectivity index (χ2v) is 6.79. The number of carbonyl (C=O) groups is 3. The largest absolute Gasteiger partial charge is 0.481 e. The minimum atomic E-state index is -0.939. The van der Waals surface area contributed by atoms with E-state index in [-0.39, 0.29) is 48.1 Å². The Morgan fingerprint density at radius 3 is 2.27 bits per heavy atom. The molecule has 2 atom stereocenters. The minimum Gasteiger partial charge on any atom is -0.481 e. The van der Waals surface area contributed by atoms with Gasteiger partial charge >= 0.3 is 5.97 Å². The molecular formula is C13H24N2O4S3. The van der Waals surface area contributed by atoms with Crippen molar-refractivity contribution in [2.24, 2.45) is 0 Å². The fraction of sp³-hybridized carbons (Fsp3) is 0.769. The maximum Gasteiger partial charge on any atom is 0.303 e. The molecule has 0 radical (unpaired) electrons. The van der Waals surface area contributed by atoms with E-state index in [9.17, 15) is 14.4 Å². The lowest BCUT2D eigenvalue weighted by Gasteiger charge is -2.16. The number of rotatable bonds is 12. The lowest BCUT2D eigenvalue weighted by molar-refractivity contribution is -0.137. The van der Waals surface area contributed by atoms with Gasteiger partial charge in [-0.05, 0) is 25.0 Å². The van der Waals surface area contributed by atoms with Crippen molar-refractivity contribution >= 4 is 55.7 Å². The number of aliphatic carboxylic acids is 1. The number of carbonyl (C=O) groups excluding carboxylic acids is 2. The molecule has 0 aliphatic carbocycles. The molecule has 0 bridgehead atoms. The second kappa shape index (κ2) is 13.0. The average Bonchev–Trinajstić information content (AvgIpc) is 2.42. The van der Waals surface area contributed by atoms with Crippen molar-refractivity contribution in [1.82, 2.24) is 10.6 Å². The third-order valence-corrected chi connectivity index (χ3v) is 3.90. The highest BCUT2D eigenvalue weighted by Gasteiger charge is 2.12. The summed E-state index contributed by atoms with van der Waals surface area (Å²) in [7, 11) is 0. The van der Waals surface area contributed by atoms with Crippen LogP contribution in [-0.2, 0) is 14.4 Å². The van der Waals surface area contributed by atoms with E-state index < -0.39 is 5.97 Å². The van der Waals surface area contributed by atoms with Crippen LogP contribution in [0.4, 0.5) is 0 Å². The molecule has 3 N–H and O–H groups in total. The van der Waals surface area contributed by atoms with Crippen LogP contribution in [-0.4, -0.2) is 52.2 Å². The van der Waals surface area contributed by atoms with Crippen LogP contribution in [0.1, 0.15) is 32.1 Å². The molecule has 0 saturated heterocycles. The Bertz CT molecular complexity index is 369. The van der Waals surface area contributed by atoms with Gasteiger partial charge in [0.2, 0.25) is 11.8 Å². The highest BCUT2D eigenvalue weighted by Crippen LogP contribution is 2.13. The third-order valence-electron chi connectivity index (χ3n) is 2.78. The molecule has 9 heteroatoms. The van der Waals surface area contributed by atoms with Crippen molar-refractivity contribution in [3.63, 3.8) is 0 Å². The highest BCUT2D eigenvalue weighted by atomic mass is 32.1. The molecule has 2 unspecified atom stereocenters. The Kier molecular flexibility index (Phi) is 12.6. The van der Waals surface area contributed by atoms with Gasteiger partial charge in [0.05, 0.1) is 6.54 Å². The third kappa shape index (κ3) is 13.1. The van der Waals surface area contributed by atoms with Crippen LogP contribution in [0.3, 0.4) is 0 Å². The van der Waals surface area contributed by atoms with Gasteiger partial charge in [-0.3, -0.25) is 14.4 Å². The smallest absolute Gasteiger partial charge is 0.303 e. The van der Waals surface area contributed by atoms with Gasteiger partial charge in [0.15, 0.2) is 0 Å². The minimum absolute atomic E-state index is 0.00222. The van der Waals surface area contributed by atoms with E-state index >= 15 is 0 Å². The Morgan fingerprint density at radius 2 is 1.68 bits per heavy atom. The molecule has 2 amide bonds. The van der Waals surface area contributed by atoms with Crippen LogP contribution in [0.25, 0.3) is 0 Å². The van der Waals surface area contributed by atoms with Crippen molar-refractivity contribution < 1.29 is 19.5 Å². The summed E-state index contributed by atoms with van der Waals surface area (Å²) < 4.78 is 0. The molecule has 0 aliphatic rings. The van der Waals surface area contributed by atoms with Gasteiger partial charge in [0.25, 0.3) is 0 Å². The fourth-order valence-electron chi connectivity index (χ4n) is 1.63. The van der Waals surface area contributed by atoms with Gasteiger partial charge in [-0.15, -0.1) is 0 Å². The first-order valence-electron chi connectivity index (χ1n) is 7.07. The summed E-state index contributed by atoms with van der Waals surface area (Å²) >= 11 is 12.9. The van der Waals surface area contributed by atoms with Crippen LogP contribution in [0, 0.1) is 0 Å². The number of carboxylic acids is 1. The molecule has 22 heavy (non-hydrogen) atoms. The second-order valence-electron chi connectivity index (χ2n) is 4.88. The summed E-state index contributed by atoms with van der Waals surface area (Å²) in [6.45, 7) is 0.286. The van der Waals surface area contributed by atoms with Crippen molar-refractivity contribution in [1.29, 1.82) is 0 Å². The van der Waals surface area contributed by atoms with Crippen molar-refractivity contribution in [3.8, 4) is 0 Å². The summed E-state index contributed by atoms with van der Waals surface area (Å²) in [6, 6.07) is 0. The first kappa shape index (κ1) is 21.5. The highest BCUT2D eigenvalue weighted by molar-refractivity contribution is 7.82. The first-order chi connectivity index (χ1) is 10.3. The van der Waals surface area contributed by atoms with Gasteiger partial charge < -0.3 is 15.7 Å². The number of amides is 2. The predicted molar refractivity (Wildman–Crippen MR) is 96.1 cm³/mol. The van der Waals surface area contributed by atoms with Crippen molar-refractivity contribution in [2.75, 3.05) is 18.8 Å². The molecule has 6 nitrogen and oxygen atoms in total. The van der Waals surface area contributed by atoms with Crippen LogP contribution in [0.2, 0.25) is 0 Å². The summed E-state index contributed by atoms with van der Waals surface area (Å²) in [6.07, 6.45) is 1.94. The quantitative estimate of drug-likeness (QED) is 0.287. The standard InChI is InChI=1S/C13H24N2O4S3/c16-11(2-1-3-13(18)19)15-8-12(17)14-7-10(22)6-9(21)4-5-20/h9-10,20-22H,1-8H2,(H,14,17)(H,15,16)(H,18,19). The zero-order chi connectivity index (χ0) is 17.0. The molecule has 0 heterocycles. The average molecular weight is 369 g/mol. The van der Waals surface area contributed by atoms with E-state index in [0.29, 0.717) is 6.54 Å². The summed E-state index contributed by atoms with van der Waals surface area (Å²) in [5.41, 5.74) is 0. The molecule has 0 aromatic heterocycles. The molecular weight excluding hydrogens is 344 g/mol. The monoisotopic (exact) mass is 368 g/mol. The Morgan fingerprint density at radius 1 is 1.00 bits per heavy atom. The Balaban J connectivity index is 3.72. The maximum absolute atomic E-state index is 11.6. The Hall–Kier alpha value is -0.540. The lowest BCUT2D eigenvalue weighted by atomic mass is 10.2. The number of carboxylic acid groups (broad SMARTS) is 1. The van der Waals surface area contributed by atoms with Crippen molar-refractivity contribution in [3.05, 3.63) is 0 Å². The zero-order valence-electron chi connectivity index (χ0n) is 12.3. The van der Waals surface area contributed by atoms with Gasteiger partial charge in [-0.2, -0.15) is 37.9 Å². The van der Waals surface area contributed by atoms with E-state index in [1.54, 1.807) is 0 Å². The number of nitrogens with one attached hydrogen (secondary N) is 2. The van der Waals surface area contributed by atoms with E-state index in [1.807, 2.05) is 0 Å². The predicted octanol–water partition coefficient (Wildman–Crippen LogP) is 0.781. The molecule has 0 aromatic rings. The van der Waals surface area contributed by atoms with Crippen LogP contribution in [0.15, 0.2) is 0 Å². The topological polar surface area (TPSA) is 95.5 Å². The molecule has 0 aromatic carbocycles. The number of hydrogen-bond acceptors (Lipinski definition) is 6. The normalized spacial score (nSPS) is 13.2. The molecule has 128 valence electrons. The van der Waals surface area contributed by atoms with Gasteiger partial charge in [0.1, 0.15) is 0 Å². The van der Waals surface area contributed by atoms with E-state index in [4.69, 9.17) is 5.11 Å². The number of hydrogen-bond donors (Lipinski definition) is 6. The summed E-state index contributed by atoms with van der Waals surface area (Å²) in [5.74, 6) is -0.807. The lowest BCUT2D eigenvalue weighted by Crippen LogP contribution is -2.39.